The van der Waals surface area contributed by atoms with Crippen LogP contribution in [-0.4, -0.2) is 37.3 Å². The second kappa shape index (κ2) is 11.5. The topological polar surface area (TPSA) is 102 Å². The molecule has 0 saturated heterocycles. The van der Waals surface area contributed by atoms with E-state index in [0.717, 1.165) is 22.0 Å². The molecule has 2 aromatic heterocycles. The normalized spacial score (nSPS) is 11.0. The molecule has 0 aliphatic heterocycles. The van der Waals surface area contributed by atoms with Gasteiger partial charge in [0.15, 0.2) is 16.1 Å². The zero-order valence-corrected chi connectivity index (χ0v) is 22.5. The fourth-order valence-corrected chi connectivity index (χ4v) is 5.45. The third-order valence-corrected chi connectivity index (χ3v) is 7.88. The van der Waals surface area contributed by atoms with Crippen LogP contribution in [0.25, 0.3) is 15.9 Å². The van der Waals surface area contributed by atoms with Crippen LogP contribution in [-0.2, 0) is 11.3 Å². The molecule has 0 fully saturated rings. The number of hydrogen-bond donors (Lipinski definition) is 2. The molecule has 2 amide bonds. The van der Waals surface area contributed by atoms with Crippen LogP contribution >= 0.6 is 46.3 Å². The summed E-state index contributed by atoms with van der Waals surface area (Å²) >= 11 is 14.9. The molecule has 0 spiro atoms. The van der Waals surface area contributed by atoms with E-state index < -0.39 is 11.7 Å². The average Bonchev–Trinajstić information content (AvgIpc) is 3.51. The number of thioether (sulfide) groups is 1. The van der Waals surface area contributed by atoms with Crippen molar-refractivity contribution in [1.82, 2.24) is 25.1 Å². The summed E-state index contributed by atoms with van der Waals surface area (Å²) in [7, 11) is 0. The van der Waals surface area contributed by atoms with E-state index in [4.69, 9.17) is 23.2 Å². The van der Waals surface area contributed by atoms with Crippen LogP contribution in [0, 0.1) is 5.82 Å². The van der Waals surface area contributed by atoms with Gasteiger partial charge in [0.1, 0.15) is 5.82 Å². The quantitative estimate of drug-likeness (QED) is 0.217. The van der Waals surface area contributed by atoms with Gasteiger partial charge in [-0.3, -0.25) is 14.2 Å². The number of thiazole rings is 1. The highest BCUT2D eigenvalue weighted by Crippen LogP contribution is 2.29. The van der Waals surface area contributed by atoms with Crippen molar-refractivity contribution in [1.29, 1.82) is 0 Å². The van der Waals surface area contributed by atoms with Gasteiger partial charge in [0.2, 0.25) is 5.91 Å². The molecule has 13 heteroatoms. The van der Waals surface area contributed by atoms with Crippen molar-refractivity contribution in [2.24, 2.45) is 0 Å². The molecule has 0 aliphatic rings. The highest BCUT2D eigenvalue weighted by molar-refractivity contribution is 7.99. The number of carbonyl (C=O) groups is 2. The van der Waals surface area contributed by atoms with Gasteiger partial charge in [0.05, 0.1) is 43.8 Å². The summed E-state index contributed by atoms with van der Waals surface area (Å²) in [4.78, 5) is 29.6. The Morgan fingerprint density at radius 1 is 1.00 bits per heavy atom. The van der Waals surface area contributed by atoms with E-state index in [1.165, 1.54) is 29.5 Å². The first-order valence-corrected chi connectivity index (χ1v) is 13.7. The molecule has 38 heavy (non-hydrogen) atoms. The molecule has 0 radical (unpaired) electrons. The Kier molecular flexibility index (Phi) is 7.89. The fraction of sp³-hybridized carbons (Fsp3) is 0.0800. The summed E-state index contributed by atoms with van der Waals surface area (Å²) in [6, 6.07) is 18.2. The van der Waals surface area contributed by atoms with Gasteiger partial charge in [-0.2, -0.15) is 0 Å². The molecule has 0 saturated carbocycles. The monoisotopic (exact) mass is 586 g/mol. The standard InChI is InChI=1S/C25H17Cl2FN6O2S2/c26-16-10-9-14(11-17(16)27)34-21(12-29-23(36)15-5-1-2-6-18(15)28)32-33-25(34)37-13-22(35)31-24-30-19-7-3-4-8-20(19)38-24/h1-11H,12-13H2,(H,29,36)(H,30,31,35). The maximum Gasteiger partial charge on any atom is 0.254 e. The number of rotatable bonds is 8. The predicted molar refractivity (Wildman–Crippen MR) is 148 cm³/mol. The Morgan fingerprint density at radius 3 is 2.58 bits per heavy atom. The van der Waals surface area contributed by atoms with Gasteiger partial charge in [-0.05, 0) is 42.5 Å². The van der Waals surface area contributed by atoms with E-state index >= 15 is 0 Å². The molecule has 2 heterocycles. The minimum absolute atomic E-state index is 0.0248. The lowest BCUT2D eigenvalue weighted by Crippen LogP contribution is -2.25. The molecule has 5 aromatic rings. The SMILES string of the molecule is O=C(CSc1nnc(CNC(=O)c2ccccc2F)n1-c1ccc(Cl)c(Cl)c1)Nc1nc2ccccc2s1. The van der Waals surface area contributed by atoms with Gasteiger partial charge < -0.3 is 10.6 Å². The predicted octanol–water partition coefficient (Wildman–Crippen LogP) is 5.98. The summed E-state index contributed by atoms with van der Waals surface area (Å²) < 4.78 is 16.6. The largest absolute Gasteiger partial charge is 0.345 e. The molecule has 0 unspecified atom stereocenters. The molecular weight excluding hydrogens is 570 g/mol. The Morgan fingerprint density at radius 2 is 1.79 bits per heavy atom. The Bertz CT molecular complexity index is 1630. The molecule has 0 atom stereocenters. The van der Waals surface area contributed by atoms with Crippen molar-refractivity contribution >= 4 is 73.5 Å². The number of aromatic nitrogens is 4. The van der Waals surface area contributed by atoms with Crippen LogP contribution in [0.4, 0.5) is 9.52 Å². The van der Waals surface area contributed by atoms with E-state index in [-0.39, 0.29) is 23.8 Å². The zero-order valence-electron chi connectivity index (χ0n) is 19.3. The summed E-state index contributed by atoms with van der Waals surface area (Å²) in [5, 5.41) is 15.4. The number of amides is 2. The van der Waals surface area contributed by atoms with Crippen molar-refractivity contribution in [3.63, 3.8) is 0 Å². The first kappa shape index (κ1) is 26.1. The summed E-state index contributed by atoms with van der Waals surface area (Å²) in [5.41, 5.74) is 1.30. The van der Waals surface area contributed by atoms with Crippen LogP contribution in [0.15, 0.2) is 71.9 Å². The van der Waals surface area contributed by atoms with E-state index in [0.29, 0.717) is 31.8 Å². The van der Waals surface area contributed by atoms with Crippen molar-refractivity contribution in [2.45, 2.75) is 11.7 Å². The number of para-hydroxylation sites is 1. The molecular formula is C25H17Cl2FN6O2S2. The van der Waals surface area contributed by atoms with Crippen LogP contribution in [0.1, 0.15) is 16.2 Å². The third kappa shape index (κ3) is 5.81. The lowest BCUT2D eigenvalue weighted by atomic mass is 10.2. The van der Waals surface area contributed by atoms with Crippen LogP contribution in [0.5, 0.6) is 0 Å². The molecule has 2 N–H and O–H groups in total. The first-order valence-electron chi connectivity index (χ1n) is 11.1. The summed E-state index contributed by atoms with van der Waals surface area (Å²) in [6.45, 7) is -0.0567. The second-order valence-electron chi connectivity index (χ2n) is 7.82. The maximum atomic E-state index is 14.0. The summed E-state index contributed by atoms with van der Waals surface area (Å²) in [5.74, 6) is -1.13. The second-order valence-corrected chi connectivity index (χ2v) is 10.6. The highest BCUT2D eigenvalue weighted by Gasteiger charge is 2.19. The third-order valence-electron chi connectivity index (χ3n) is 5.26. The van der Waals surface area contributed by atoms with Gasteiger partial charge in [-0.1, -0.05) is 70.6 Å². The summed E-state index contributed by atoms with van der Waals surface area (Å²) in [6.07, 6.45) is 0. The minimum atomic E-state index is -0.633. The zero-order chi connectivity index (χ0) is 26.6. The van der Waals surface area contributed by atoms with Crippen LogP contribution < -0.4 is 10.6 Å². The van der Waals surface area contributed by atoms with Gasteiger partial charge in [-0.15, -0.1) is 10.2 Å². The van der Waals surface area contributed by atoms with Gasteiger partial charge >= 0.3 is 0 Å². The molecule has 8 nitrogen and oxygen atoms in total. The number of anilines is 1. The Balaban J connectivity index is 1.34. The smallest absolute Gasteiger partial charge is 0.254 e. The first-order chi connectivity index (χ1) is 18.4. The van der Waals surface area contributed by atoms with Crippen LogP contribution in [0.3, 0.4) is 0 Å². The van der Waals surface area contributed by atoms with E-state index in [9.17, 15) is 14.0 Å². The molecule has 3 aromatic carbocycles. The molecule has 192 valence electrons. The van der Waals surface area contributed by atoms with E-state index in [1.54, 1.807) is 28.8 Å². The van der Waals surface area contributed by atoms with E-state index in [2.05, 4.69) is 25.8 Å². The number of fused-ring (bicyclic) bond motifs is 1. The molecule has 0 bridgehead atoms. The number of carbonyl (C=O) groups excluding carboxylic acids is 2. The molecule has 0 aliphatic carbocycles. The van der Waals surface area contributed by atoms with Gasteiger partial charge in [0.25, 0.3) is 5.91 Å². The number of nitrogens with one attached hydrogen (secondary N) is 2. The fourth-order valence-electron chi connectivity index (χ4n) is 3.50. The van der Waals surface area contributed by atoms with Crippen molar-refractivity contribution < 1.29 is 14.0 Å². The average molecular weight is 587 g/mol. The lowest BCUT2D eigenvalue weighted by Gasteiger charge is -2.12. The minimum Gasteiger partial charge on any atom is -0.345 e. The van der Waals surface area contributed by atoms with E-state index in [1.807, 2.05) is 24.3 Å². The Hall–Kier alpha value is -3.51. The van der Waals surface area contributed by atoms with Gasteiger partial charge in [0, 0.05) is 0 Å². The number of hydrogen-bond acceptors (Lipinski definition) is 7. The number of halogens is 3. The van der Waals surface area contributed by atoms with Crippen LogP contribution in [0.2, 0.25) is 10.0 Å². The van der Waals surface area contributed by atoms with Crippen molar-refractivity contribution in [3.05, 3.63) is 94.0 Å². The number of nitrogens with zero attached hydrogens (tertiary/aromatic N) is 4. The Labute approximate surface area is 234 Å². The van der Waals surface area contributed by atoms with Crippen molar-refractivity contribution in [2.75, 3.05) is 11.1 Å². The lowest BCUT2D eigenvalue weighted by molar-refractivity contribution is -0.113. The molecule has 5 rings (SSSR count). The van der Waals surface area contributed by atoms with Crippen molar-refractivity contribution in [3.8, 4) is 5.69 Å². The van der Waals surface area contributed by atoms with Gasteiger partial charge in [-0.25, -0.2) is 9.37 Å². The maximum absolute atomic E-state index is 14.0. The highest BCUT2D eigenvalue weighted by atomic mass is 35.5. The number of benzene rings is 3.